The highest BCUT2D eigenvalue weighted by Gasteiger charge is 2.38. The van der Waals surface area contributed by atoms with E-state index in [4.69, 9.17) is 16.7 Å². The molecule has 1 aliphatic heterocycles. The summed E-state index contributed by atoms with van der Waals surface area (Å²) in [5.41, 5.74) is 1.08. The molecule has 0 spiro atoms. The third-order valence-corrected chi connectivity index (χ3v) is 5.51. The first-order chi connectivity index (χ1) is 10.4. The molecule has 0 amide bonds. The molecule has 6 nitrogen and oxygen atoms in total. The quantitative estimate of drug-likeness (QED) is 0.735. The van der Waals surface area contributed by atoms with E-state index in [2.05, 4.69) is 4.72 Å². The van der Waals surface area contributed by atoms with E-state index >= 15 is 0 Å². The summed E-state index contributed by atoms with van der Waals surface area (Å²) in [4.78, 5) is 11.1. The number of carboxylic acids is 1. The second kappa shape index (κ2) is 7.41. The fraction of sp³-hybridized carbons (Fsp3) is 0.500. The fourth-order valence-corrected chi connectivity index (χ4v) is 4.10. The number of nitrogens with zero attached hydrogens (tertiary/aromatic N) is 1. The maximum atomic E-state index is 12.1. The summed E-state index contributed by atoms with van der Waals surface area (Å²) in [7, 11) is -3.73. The lowest BCUT2D eigenvalue weighted by Crippen LogP contribution is -2.46. The predicted molar refractivity (Wildman–Crippen MR) is 84.1 cm³/mol. The fourth-order valence-electron chi connectivity index (χ4n) is 2.50. The van der Waals surface area contributed by atoms with E-state index in [1.807, 2.05) is 12.1 Å². The lowest BCUT2D eigenvalue weighted by molar-refractivity contribution is -0.140. The maximum absolute atomic E-state index is 12.1. The molecule has 1 aromatic rings. The SMILES string of the molecule is O=C(O)C1CCCN1S(=O)(=O)NCCCc1ccc(Cl)cc1. The molecule has 0 aliphatic carbocycles. The van der Waals surface area contributed by atoms with Gasteiger partial charge in [0.2, 0.25) is 0 Å². The monoisotopic (exact) mass is 346 g/mol. The highest BCUT2D eigenvalue weighted by Crippen LogP contribution is 2.20. The van der Waals surface area contributed by atoms with Gasteiger partial charge in [0.1, 0.15) is 6.04 Å². The van der Waals surface area contributed by atoms with Crippen molar-refractivity contribution in [3.8, 4) is 0 Å². The number of carboxylic acid groups (broad SMARTS) is 1. The Labute approximate surface area is 135 Å². The molecule has 1 unspecified atom stereocenters. The summed E-state index contributed by atoms with van der Waals surface area (Å²) < 4.78 is 27.8. The molecule has 1 heterocycles. The topological polar surface area (TPSA) is 86.7 Å². The van der Waals surface area contributed by atoms with Crippen LogP contribution in [0.25, 0.3) is 0 Å². The third kappa shape index (κ3) is 4.42. The van der Waals surface area contributed by atoms with Gasteiger partial charge in [-0.25, -0.2) is 4.72 Å². The smallest absolute Gasteiger partial charge is 0.322 e. The minimum atomic E-state index is -3.73. The molecular formula is C14H19ClN2O4S. The van der Waals surface area contributed by atoms with E-state index in [1.54, 1.807) is 12.1 Å². The number of hydrogen-bond donors (Lipinski definition) is 2. The minimum Gasteiger partial charge on any atom is -0.480 e. The van der Waals surface area contributed by atoms with E-state index in [9.17, 15) is 13.2 Å². The second-order valence-corrected chi connectivity index (χ2v) is 7.38. The van der Waals surface area contributed by atoms with Crippen molar-refractivity contribution < 1.29 is 18.3 Å². The van der Waals surface area contributed by atoms with Crippen LogP contribution in [0.3, 0.4) is 0 Å². The Morgan fingerprint density at radius 3 is 2.68 bits per heavy atom. The summed E-state index contributed by atoms with van der Waals surface area (Å²) >= 11 is 5.80. The Bertz CT molecular complexity index is 618. The summed E-state index contributed by atoms with van der Waals surface area (Å²) in [6.07, 6.45) is 2.29. The Morgan fingerprint density at radius 1 is 1.36 bits per heavy atom. The van der Waals surface area contributed by atoms with Crippen LogP contribution in [-0.4, -0.2) is 42.9 Å². The number of benzene rings is 1. The predicted octanol–water partition coefficient (Wildman–Crippen LogP) is 1.66. The largest absolute Gasteiger partial charge is 0.480 e. The standard InChI is InChI=1S/C14H19ClN2O4S/c15-12-7-5-11(6-8-12)3-1-9-16-22(20,21)17-10-2-4-13(17)14(18)19/h5-8,13,16H,1-4,9-10H2,(H,18,19). The van der Waals surface area contributed by atoms with E-state index < -0.39 is 22.2 Å². The van der Waals surface area contributed by atoms with Crippen LogP contribution in [-0.2, 0) is 21.4 Å². The molecule has 1 fully saturated rings. The molecule has 22 heavy (non-hydrogen) atoms. The molecule has 8 heteroatoms. The molecule has 0 radical (unpaired) electrons. The van der Waals surface area contributed by atoms with Crippen molar-refractivity contribution in [2.45, 2.75) is 31.7 Å². The Balaban J connectivity index is 1.82. The Morgan fingerprint density at radius 2 is 2.05 bits per heavy atom. The van der Waals surface area contributed by atoms with Crippen LogP contribution in [0.4, 0.5) is 0 Å². The maximum Gasteiger partial charge on any atom is 0.322 e. The van der Waals surface area contributed by atoms with Crippen molar-refractivity contribution >= 4 is 27.8 Å². The number of aryl methyl sites for hydroxylation is 1. The van der Waals surface area contributed by atoms with Gasteiger partial charge >= 0.3 is 5.97 Å². The highest BCUT2D eigenvalue weighted by molar-refractivity contribution is 7.87. The van der Waals surface area contributed by atoms with Gasteiger partial charge in [0.05, 0.1) is 0 Å². The number of hydrogen-bond acceptors (Lipinski definition) is 3. The normalized spacial score (nSPS) is 19.4. The lowest BCUT2D eigenvalue weighted by Gasteiger charge is -2.21. The van der Waals surface area contributed by atoms with E-state index in [1.165, 1.54) is 0 Å². The van der Waals surface area contributed by atoms with Crippen LogP contribution in [0.5, 0.6) is 0 Å². The Hall–Kier alpha value is -1.15. The average Bonchev–Trinajstić information content (AvgIpc) is 2.96. The number of aliphatic carboxylic acids is 1. The third-order valence-electron chi connectivity index (χ3n) is 3.64. The van der Waals surface area contributed by atoms with Crippen molar-refractivity contribution in [3.05, 3.63) is 34.9 Å². The molecule has 1 atom stereocenters. The van der Waals surface area contributed by atoms with Crippen molar-refractivity contribution in [1.29, 1.82) is 0 Å². The van der Waals surface area contributed by atoms with Crippen molar-refractivity contribution in [2.75, 3.05) is 13.1 Å². The van der Waals surface area contributed by atoms with Crippen molar-refractivity contribution in [2.24, 2.45) is 0 Å². The summed E-state index contributed by atoms with van der Waals surface area (Å²) in [5.74, 6) is -1.09. The molecule has 0 aromatic heterocycles. The zero-order chi connectivity index (χ0) is 16.2. The molecule has 1 aliphatic rings. The van der Waals surface area contributed by atoms with Crippen LogP contribution >= 0.6 is 11.6 Å². The van der Waals surface area contributed by atoms with Crippen molar-refractivity contribution in [1.82, 2.24) is 9.03 Å². The second-order valence-electron chi connectivity index (χ2n) is 5.24. The first kappa shape index (κ1) is 17.2. The number of nitrogens with one attached hydrogen (secondary N) is 1. The molecule has 1 saturated heterocycles. The van der Waals surface area contributed by atoms with E-state index in [0.29, 0.717) is 24.3 Å². The highest BCUT2D eigenvalue weighted by atomic mass is 35.5. The Kier molecular flexibility index (Phi) is 5.80. The van der Waals surface area contributed by atoms with Gasteiger partial charge in [0.15, 0.2) is 0 Å². The molecule has 122 valence electrons. The average molecular weight is 347 g/mol. The van der Waals surface area contributed by atoms with Crippen LogP contribution in [0.2, 0.25) is 5.02 Å². The lowest BCUT2D eigenvalue weighted by atomic mass is 10.1. The van der Waals surface area contributed by atoms with Crippen LogP contribution in [0, 0.1) is 0 Å². The molecule has 1 aromatic carbocycles. The van der Waals surface area contributed by atoms with Crippen LogP contribution in [0.15, 0.2) is 24.3 Å². The van der Waals surface area contributed by atoms with Crippen LogP contribution in [0.1, 0.15) is 24.8 Å². The molecule has 2 rings (SSSR count). The summed E-state index contributed by atoms with van der Waals surface area (Å²) in [5, 5.41) is 9.71. The first-order valence-electron chi connectivity index (χ1n) is 7.14. The van der Waals surface area contributed by atoms with Gasteiger partial charge in [-0.15, -0.1) is 0 Å². The van der Waals surface area contributed by atoms with Gasteiger partial charge in [-0.2, -0.15) is 12.7 Å². The minimum absolute atomic E-state index is 0.253. The van der Waals surface area contributed by atoms with E-state index in [0.717, 1.165) is 16.3 Å². The van der Waals surface area contributed by atoms with Gasteiger partial charge in [-0.05, 0) is 43.4 Å². The van der Waals surface area contributed by atoms with Crippen LogP contribution < -0.4 is 4.72 Å². The summed E-state index contributed by atoms with van der Waals surface area (Å²) in [6, 6.07) is 6.44. The van der Waals surface area contributed by atoms with Gasteiger partial charge in [0, 0.05) is 18.1 Å². The number of halogens is 1. The van der Waals surface area contributed by atoms with Gasteiger partial charge in [-0.3, -0.25) is 4.79 Å². The number of rotatable bonds is 7. The van der Waals surface area contributed by atoms with Gasteiger partial charge < -0.3 is 5.11 Å². The molecule has 0 saturated carbocycles. The van der Waals surface area contributed by atoms with Gasteiger partial charge in [0.25, 0.3) is 10.2 Å². The molecular weight excluding hydrogens is 328 g/mol. The summed E-state index contributed by atoms with van der Waals surface area (Å²) in [6.45, 7) is 0.525. The van der Waals surface area contributed by atoms with Gasteiger partial charge in [-0.1, -0.05) is 23.7 Å². The first-order valence-corrected chi connectivity index (χ1v) is 8.95. The number of carbonyl (C=O) groups is 1. The van der Waals surface area contributed by atoms with Crippen molar-refractivity contribution in [3.63, 3.8) is 0 Å². The zero-order valence-corrected chi connectivity index (χ0v) is 13.6. The van der Waals surface area contributed by atoms with E-state index in [-0.39, 0.29) is 13.1 Å². The molecule has 0 bridgehead atoms. The zero-order valence-electron chi connectivity index (χ0n) is 12.0. The molecule has 2 N–H and O–H groups in total.